The molecule has 0 saturated heterocycles. The van der Waals surface area contributed by atoms with Gasteiger partial charge in [0, 0.05) is 23.5 Å². The highest BCUT2D eigenvalue weighted by molar-refractivity contribution is 7.18. The Morgan fingerprint density at radius 2 is 1.78 bits per heavy atom. The van der Waals surface area contributed by atoms with Gasteiger partial charge in [-0.25, -0.2) is 9.97 Å². The van der Waals surface area contributed by atoms with Crippen molar-refractivity contribution in [2.45, 2.75) is 58.0 Å². The van der Waals surface area contributed by atoms with E-state index in [1.54, 1.807) is 17.7 Å². The molecule has 0 unspecified atom stereocenters. The van der Waals surface area contributed by atoms with Gasteiger partial charge in [-0.2, -0.15) is 0 Å². The normalized spacial score (nSPS) is 22.0. The Labute approximate surface area is 143 Å². The summed E-state index contributed by atoms with van der Waals surface area (Å²) in [6.07, 6.45) is 7.89. The molecule has 0 N–H and O–H groups in total. The van der Waals surface area contributed by atoms with Crippen LogP contribution in [0.5, 0.6) is 0 Å². The quantitative estimate of drug-likeness (QED) is 0.830. The van der Waals surface area contributed by atoms with E-state index in [0.717, 1.165) is 29.7 Å². The summed E-state index contributed by atoms with van der Waals surface area (Å²) in [5, 5.41) is 1.24. The van der Waals surface area contributed by atoms with Crippen LogP contribution in [0.4, 0.5) is 5.82 Å². The molecule has 0 radical (unpaired) electrons. The maximum absolute atomic E-state index is 4.67. The molecule has 1 aliphatic carbocycles. The number of thiophene rings is 1. The maximum Gasteiger partial charge on any atom is 0.141 e. The first kappa shape index (κ1) is 16.7. The lowest BCUT2D eigenvalue weighted by Gasteiger charge is -2.39. The smallest absolute Gasteiger partial charge is 0.141 e. The highest BCUT2D eigenvalue weighted by atomic mass is 32.1. The summed E-state index contributed by atoms with van der Waals surface area (Å²) < 4.78 is 0. The van der Waals surface area contributed by atoms with E-state index >= 15 is 0 Å². The zero-order valence-corrected chi connectivity index (χ0v) is 15.6. The molecule has 5 heteroatoms. The van der Waals surface area contributed by atoms with E-state index < -0.39 is 0 Å². The Hall–Kier alpha value is -1.20. The van der Waals surface area contributed by atoms with Gasteiger partial charge in [0.05, 0.1) is 5.39 Å². The Morgan fingerprint density at radius 3 is 2.39 bits per heavy atom. The molecule has 2 aromatic rings. The largest absolute Gasteiger partial charge is 0.353 e. The van der Waals surface area contributed by atoms with Crippen LogP contribution in [0.25, 0.3) is 10.2 Å². The molecule has 1 fully saturated rings. The fraction of sp³-hybridized carbons (Fsp3) is 0.667. The van der Waals surface area contributed by atoms with Crippen molar-refractivity contribution in [2.75, 3.05) is 25.5 Å². The number of nitrogens with zero attached hydrogens (tertiary/aromatic N) is 4. The van der Waals surface area contributed by atoms with E-state index in [1.165, 1.54) is 35.9 Å². The number of hydrogen-bond acceptors (Lipinski definition) is 5. The SMILES string of the molecule is CCc1cc2c(N(CC)C3CCC(N(C)C)CC3)ncnc2s1. The zero-order valence-electron chi connectivity index (χ0n) is 14.7. The van der Waals surface area contributed by atoms with Crippen LogP contribution in [0.3, 0.4) is 0 Å². The Morgan fingerprint density at radius 1 is 1.09 bits per heavy atom. The summed E-state index contributed by atoms with van der Waals surface area (Å²) in [5.41, 5.74) is 0. The summed E-state index contributed by atoms with van der Waals surface area (Å²) in [4.78, 5) is 16.6. The third kappa shape index (κ3) is 3.36. The number of anilines is 1. The molecule has 0 atom stereocenters. The number of hydrogen-bond donors (Lipinski definition) is 0. The molecule has 126 valence electrons. The number of fused-ring (bicyclic) bond motifs is 1. The van der Waals surface area contributed by atoms with Crippen molar-refractivity contribution in [3.63, 3.8) is 0 Å². The molecule has 0 amide bonds. The van der Waals surface area contributed by atoms with Crippen molar-refractivity contribution >= 4 is 27.4 Å². The van der Waals surface area contributed by atoms with Gasteiger partial charge < -0.3 is 9.80 Å². The second kappa shape index (κ2) is 7.14. The fourth-order valence-electron chi connectivity index (χ4n) is 3.76. The second-order valence-electron chi connectivity index (χ2n) is 6.69. The van der Waals surface area contributed by atoms with Gasteiger partial charge in [-0.3, -0.25) is 0 Å². The van der Waals surface area contributed by atoms with E-state index in [1.807, 2.05) is 0 Å². The predicted octanol–water partition coefficient (Wildman–Crippen LogP) is 3.95. The molecule has 23 heavy (non-hydrogen) atoms. The Balaban J connectivity index is 1.85. The number of aryl methyl sites for hydroxylation is 1. The molecular weight excluding hydrogens is 304 g/mol. The molecular formula is C18H28N4S. The first-order chi connectivity index (χ1) is 11.1. The number of aromatic nitrogens is 2. The molecule has 4 nitrogen and oxygen atoms in total. The average molecular weight is 333 g/mol. The Kier molecular flexibility index (Phi) is 5.17. The van der Waals surface area contributed by atoms with Crippen LogP contribution in [0.2, 0.25) is 0 Å². The lowest BCUT2D eigenvalue weighted by molar-refractivity contribution is 0.214. The van der Waals surface area contributed by atoms with Crippen molar-refractivity contribution in [1.82, 2.24) is 14.9 Å². The summed E-state index contributed by atoms with van der Waals surface area (Å²) in [6.45, 7) is 5.47. The van der Waals surface area contributed by atoms with Crippen LogP contribution in [0.1, 0.15) is 44.4 Å². The lowest BCUT2D eigenvalue weighted by Crippen LogP contribution is -2.42. The van der Waals surface area contributed by atoms with Gasteiger partial charge in [-0.05, 0) is 59.2 Å². The standard InChI is InChI=1S/C18H28N4S/c1-5-15-11-16-17(19-12-20-18(16)23-15)22(6-2)14-9-7-13(8-10-14)21(3)4/h11-14H,5-10H2,1-4H3. The molecule has 3 rings (SSSR count). The van der Waals surface area contributed by atoms with Crippen LogP contribution in [-0.4, -0.2) is 47.6 Å². The Bertz CT molecular complexity index is 644. The van der Waals surface area contributed by atoms with E-state index in [0.29, 0.717) is 6.04 Å². The minimum absolute atomic E-state index is 0.610. The van der Waals surface area contributed by atoms with Crippen molar-refractivity contribution < 1.29 is 0 Å². The van der Waals surface area contributed by atoms with Crippen LogP contribution >= 0.6 is 11.3 Å². The molecule has 0 aromatic carbocycles. The van der Waals surface area contributed by atoms with E-state index in [9.17, 15) is 0 Å². The summed E-state index contributed by atoms with van der Waals surface area (Å²) in [7, 11) is 4.41. The third-order valence-corrected chi connectivity index (χ3v) is 6.35. The van der Waals surface area contributed by atoms with E-state index in [-0.39, 0.29) is 0 Å². The van der Waals surface area contributed by atoms with Crippen LogP contribution < -0.4 is 4.90 Å². The topological polar surface area (TPSA) is 32.3 Å². The van der Waals surface area contributed by atoms with Crippen LogP contribution in [-0.2, 0) is 6.42 Å². The van der Waals surface area contributed by atoms with Crippen LogP contribution in [0.15, 0.2) is 12.4 Å². The van der Waals surface area contributed by atoms with Crippen molar-refractivity contribution in [2.24, 2.45) is 0 Å². The average Bonchev–Trinajstić information content (AvgIpc) is 3.00. The molecule has 2 aromatic heterocycles. The highest BCUT2D eigenvalue weighted by Gasteiger charge is 2.28. The van der Waals surface area contributed by atoms with Crippen molar-refractivity contribution in [1.29, 1.82) is 0 Å². The highest BCUT2D eigenvalue weighted by Crippen LogP contribution is 2.34. The van der Waals surface area contributed by atoms with Gasteiger partial charge in [0.15, 0.2) is 0 Å². The van der Waals surface area contributed by atoms with Gasteiger partial charge in [-0.15, -0.1) is 11.3 Å². The van der Waals surface area contributed by atoms with Gasteiger partial charge >= 0.3 is 0 Å². The van der Waals surface area contributed by atoms with Gasteiger partial charge in [0.2, 0.25) is 0 Å². The first-order valence-electron chi connectivity index (χ1n) is 8.80. The third-order valence-electron chi connectivity index (χ3n) is 5.16. The van der Waals surface area contributed by atoms with Gasteiger partial charge in [0.25, 0.3) is 0 Å². The molecule has 2 heterocycles. The molecule has 0 spiro atoms. The zero-order chi connectivity index (χ0) is 16.4. The molecule has 1 saturated carbocycles. The monoisotopic (exact) mass is 332 g/mol. The maximum atomic E-state index is 4.67. The van der Waals surface area contributed by atoms with E-state index in [2.05, 4.69) is 53.8 Å². The van der Waals surface area contributed by atoms with E-state index in [4.69, 9.17) is 0 Å². The van der Waals surface area contributed by atoms with Crippen molar-refractivity contribution in [3.05, 3.63) is 17.3 Å². The second-order valence-corrected chi connectivity index (χ2v) is 7.81. The summed E-state index contributed by atoms with van der Waals surface area (Å²) in [5.74, 6) is 1.14. The summed E-state index contributed by atoms with van der Waals surface area (Å²) in [6, 6.07) is 3.64. The molecule has 1 aliphatic rings. The fourth-order valence-corrected chi connectivity index (χ4v) is 4.69. The molecule has 0 aliphatic heterocycles. The van der Waals surface area contributed by atoms with Gasteiger partial charge in [-0.1, -0.05) is 6.92 Å². The minimum Gasteiger partial charge on any atom is -0.353 e. The molecule has 0 bridgehead atoms. The minimum atomic E-state index is 0.610. The van der Waals surface area contributed by atoms with Crippen LogP contribution in [0, 0.1) is 0 Å². The lowest BCUT2D eigenvalue weighted by atomic mass is 9.89. The van der Waals surface area contributed by atoms with Crippen molar-refractivity contribution in [3.8, 4) is 0 Å². The first-order valence-corrected chi connectivity index (χ1v) is 9.62. The van der Waals surface area contributed by atoms with Gasteiger partial charge in [0.1, 0.15) is 17.0 Å². The number of rotatable bonds is 5. The summed E-state index contributed by atoms with van der Waals surface area (Å²) >= 11 is 1.81. The predicted molar refractivity (Wildman–Crippen MR) is 99.5 cm³/mol.